The number of nitrogens with zero attached hydrogens (tertiary/aromatic N) is 2. The second kappa shape index (κ2) is 6.54. The highest BCUT2D eigenvalue weighted by Crippen LogP contribution is 2.34. The van der Waals surface area contributed by atoms with Crippen LogP contribution in [0.15, 0.2) is 30.3 Å². The number of aryl methyl sites for hydroxylation is 1. The summed E-state index contributed by atoms with van der Waals surface area (Å²) in [6, 6.07) is 10.2. The molecule has 1 N–H and O–H groups in total. The van der Waals surface area contributed by atoms with Gasteiger partial charge in [0.1, 0.15) is 6.10 Å². The SMILES string of the molecule is CC(C)(C)[C@H]1CN(C(=O)c2n[nH]c3c2CCC3)C[C@@H](c2ccccc2)O1. The molecule has 1 saturated heterocycles. The number of hydrogen-bond donors (Lipinski definition) is 1. The van der Waals surface area contributed by atoms with Gasteiger partial charge in [-0.3, -0.25) is 9.89 Å². The number of H-pyrrole nitrogens is 1. The Morgan fingerprint density at radius 2 is 1.96 bits per heavy atom. The molecule has 1 aromatic carbocycles. The molecular weight excluding hydrogens is 326 g/mol. The second-order valence-corrected chi connectivity index (χ2v) is 8.48. The Kier molecular flexibility index (Phi) is 4.35. The lowest BCUT2D eigenvalue weighted by atomic mass is 9.87. The normalized spacial score (nSPS) is 23.1. The van der Waals surface area contributed by atoms with Gasteiger partial charge in [0.15, 0.2) is 5.69 Å². The molecule has 2 aliphatic rings. The van der Waals surface area contributed by atoms with E-state index in [0.29, 0.717) is 18.8 Å². The summed E-state index contributed by atoms with van der Waals surface area (Å²) in [7, 11) is 0. The Bertz CT molecular complexity index is 791. The Hall–Kier alpha value is -2.14. The summed E-state index contributed by atoms with van der Waals surface area (Å²) in [6.07, 6.45) is 2.92. The third-order valence-electron chi connectivity index (χ3n) is 5.53. The molecular formula is C21H27N3O2. The summed E-state index contributed by atoms with van der Waals surface area (Å²) in [4.78, 5) is 15.2. The van der Waals surface area contributed by atoms with Crippen molar-refractivity contribution in [2.75, 3.05) is 13.1 Å². The van der Waals surface area contributed by atoms with Crippen molar-refractivity contribution in [1.82, 2.24) is 15.1 Å². The van der Waals surface area contributed by atoms with Crippen LogP contribution in [0.3, 0.4) is 0 Å². The van der Waals surface area contributed by atoms with E-state index >= 15 is 0 Å². The molecule has 0 radical (unpaired) electrons. The van der Waals surface area contributed by atoms with Gasteiger partial charge in [0.2, 0.25) is 0 Å². The fourth-order valence-corrected chi connectivity index (χ4v) is 3.90. The lowest BCUT2D eigenvalue weighted by molar-refractivity contribution is -0.119. The Morgan fingerprint density at radius 1 is 1.19 bits per heavy atom. The van der Waals surface area contributed by atoms with E-state index < -0.39 is 0 Å². The van der Waals surface area contributed by atoms with Crippen molar-refractivity contribution in [3.8, 4) is 0 Å². The van der Waals surface area contributed by atoms with E-state index in [1.54, 1.807) is 0 Å². The minimum atomic E-state index is -0.106. The van der Waals surface area contributed by atoms with Gasteiger partial charge < -0.3 is 9.64 Å². The van der Waals surface area contributed by atoms with E-state index in [9.17, 15) is 4.79 Å². The molecule has 1 aliphatic carbocycles. The van der Waals surface area contributed by atoms with Crippen LogP contribution in [0.1, 0.15) is 60.6 Å². The largest absolute Gasteiger partial charge is 0.366 e. The van der Waals surface area contributed by atoms with Crippen molar-refractivity contribution in [1.29, 1.82) is 0 Å². The van der Waals surface area contributed by atoms with Crippen LogP contribution >= 0.6 is 0 Å². The fraction of sp³-hybridized carbons (Fsp3) is 0.524. The number of carbonyl (C=O) groups excluding carboxylic acids is 1. The highest BCUT2D eigenvalue weighted by atomic mass is 16.5. The number of amides is 1. The van der Waals surface area contributed by atoms with Crippen LogP contribution in [0.5, 0.6) is 0 Å². The summed E-state index contributed by atoms with van der Waals surface area (Å²) in [5.74, 6) is 0.0304. The number of hydrogen-bond acceptors (Lipinski definition) is 3. The highest BCUT2D eigenvalue weighted by molar-refractivity contribution is 5.94. The second-order valence-electron chi connectivity index (χ2n) is 8.48. The number of fused-ring (bicyclic) bond motifs is 1. The zero-order valence-corrected chi connectivity index (χ0v) is 15.8. The van der Waals surface area contributed by atoms with Gasteiger partial charge in [0, 0.05) is 17.8 Å². The van der Waals surface area contributed by atoms with Gasteiger partial charge in [-0.15, -0.1) is 0 Å². The van der Waals surface area contributed by atoms with Crippen LogP contribution in [-0.4, -0.2) is 40.2 Å². The number of carbonyl (C=O) groups is 1. The molecule has 0 spiro atoms. The lowest BCUT2D eigenvalue weighted by Crippen LogP contribution is -2.51. The summed E-state index contributed by atoms with van der Waals surface area (Å²) in [5, 5.41) is 7.40. The topological polar surface area (TPSA) is 58.2 Å². The maximum absolute atomic E-state index is 13.3. The van der Waals surface area contributed by atoms with Gasteiger partial charge in [0.05, 0.1) is 12.6 Å². The quantitative estimate of drug-likeness (QED) is 0.898. The Balaban J connectivity index is 1.62. The average molecular weight is 353 g/mol. The van der Waals surface area contributed by atoms with Crippen LogP contribution in [0, 0.1) is 5.41 Å². The number of rotatable bonds is 2. The van der Waals surface area contributed by atoms with Crippen LogP contribution in [0.25, 0.3) is 0 Å². The smallest absolute Gasteiger partial charge is 0.274 e. The molecule has 26 heavy (non-hydrogen) atoms. The molecule has 5 nitrogen and oxygen atoms in total. The zero-order chi connectivity index (χ0) is 18.3. The van der Waals surface area contributed by atoms with Gasteiger partial charge in [-0.25, -0.2) is 0 Å². The third-order valence-corrected chi connectivity index (χ3v) is 5.53. The maximum atomic E-state index is 13.3. The van der Waals surface area contributed by atoms with E-state index in [0.717, 1.165) is 36.1 Å². The first-order valence-electron chi connectivity index (χ1n) is 9.49. The first-order chi connectivity index (χ1) is 12.4. The van der Waals surface area contributed by atoms with E-state index in [2.05, 4.69) is 43.1 Å². The van der Waals surface area contributed by atoms with Gasteiger partial charge in [-0.2, -0.15) is 5.10 Å². The summed E-state index contributed by atoms with van der Waals surface area (Å²) in [5.41, 5.74) is 3.93. The summed E-state index contributed by atoms with van der Waals surface area (Å²) >= 11 is 0. The van der Waals surface area contributed by atoms with Crippen LogP contribution < -0.4 is 0 Å². The highest BCUT2D eigenvalue weighted by Gasteiger charge is 2.39. The van der Waals surface area contributed by atoms with Crippen molar-refractivity contribution in [3.63, 3.8) is 0 Å². The molecule has 2 aromatic rings. The first kappa shape index (κ1) is 17.3. The van der Waals surface area contributed by atoms with Gasteiger partial charge in [-0.05, 0) is 30.2 Å². The maximum Gasteiger partial charge on any atom is 0.274 e. The van der Waals surface area contributed by atoms with E-state index in [1.807, 2.05) is 23.1 Å². The average Bonchev–Trinajstić information content (AvgIpc) is 3.24. The number of benzene rings is 1. The van der Waals surface area contributed by atoms with Crippen LogP contribution in [0.2, 0.25) is 0 Å². The number of aromatic nitrogens is 2. The fourth-order valence-electron chi connectivity index (χ4n) is 3.90. The van der Waals surface area contributed by atoms with Gasteiger partial charge in [-0.1, -0.05) is 51.1 Å². The molecule has 1 amide bonds. The first-order valence-corrected chi connectivity index (χ1v) is 9.49. The van der Waals surface area contributed by atoms with E-state index in [4.69, 9.17) is 4.74 Å². The molecule has 138 valence electrons. The van der Waals surface area contributed by atoms with Crippen molar-refractivity contribution >= 4 is 5.91 Å². The molecule has 0 saturated carbocycles. The van der Waals surface area contributed by atoms with E-state index in [1.165, 1.54) is 0 Å². The molecule has 0 unspecified atom stereocenters. The predicted octanol–water partition coefficient (Wildman–Crippen LogP) is 3.53. The van der Waals surface area contributed by atoms with Crippen molar-refractivity contribution in [2.45, 2.75) is 52.2 Å². The van der Waals surface area contributed by atoms with E-state index in [-0.39, 0.29) is 23.5 Å². The molecule has 1 fully saturated rings. The molecule has 1 aliphatic heterocycles. The molecule has 1 aromatic heterocycles. The molecule has 2 heterocycles. The van der Waals surface area contributed by atoms with Gasteiger partial charge >= 0.3 is 0 Å². The monoisotopic (exact) mass is 353 g/mol. The summed E-state index contributed by atoms with van der Waals surface area (Å²) in [6.45, 7) is 7.67. The summed E-state index contributed by atoms with van der Waals surface area (Å²) < 4.78 is 6.41. The van der Waals surface area contributed by atoms with Crippen LogP contribution in [-0.2, 0) is 17.6 Å². The number of morpholine rings is 1. The van der Waals surface area contributed by atoms with Crippen LogP contribution in [0.4, 0.5) is 0 Å². The number of ether oxygens (including phenoxy) is 1. The lowest BCUT2D eigenvalue weighted by Gasteiger charge is -2.43. The Morgan fingerprint density at radius 3 is 2.69 bits per heavy atom. The molecule has 4 rings (SSSR count). The minimum absolute atomic E-state index is 0.0163. The standard InChI is InChI=1S/C21H27N3O2/c1-21(2,3)18-13-24(12-17(26-18)14-8-5-4-6-9-14)20(25)19-15-10-7-11-16(15)22-23-19/h4-6,8-9,17-18H,7,10-13H2,1-3H3,(H,22,23)/t17-,18+/m0/s1. The van der Waals surface area contributed by atoms with Crippen molar-refractivity contribution < 1.29 is 9.53 Å². The number of nitrogens with one attached hydrogen (secondary N) is 1. The zero-order valence-electron chi connectivity index (χ0n) is 15.8. The predicted molar refractivity (Wildman–Crippen MR) is 100 cm³/mol. The molecule has 2 atom stereocenters. The number of aromatic amines is 1. The minimum Gasteiger partial charge on any atom is -0.366 e. The molecule has 5 heteroatoms. The van der Waals surface area contributed by atoms with Gasteiger partial charge in [0.25, 0.3) is 5.91 Å². The van der Waals surface area contributed by atoms with Crippen molar-refractivity contribution in [2.24, 2.45) is 5.41 Å². The van der Waals surface area contributed by atoms with Crippen molar-refractivity contribution in [3.05, 3.63) is 52.8 Å². The Labute approximate surface area is 154 Å². The third kappa shape index (κ3) is 3.16. The molecule has 0 bridgehead atoms.